The van der Waals surface area contributed by atoms with E-state index in [0.717, 1.165) is 25.7 Å². The van der Waals surface area contributed by atoms with Crippen LogP contribution in [0.2, 0.25) is 0 Å². The Morgan fingerprint density at radius 1 is 1.23 bits per heavy atom. The zero-order chi connectivity index (χ0) is 18.6. The van der Waals surface area contributed by atoms with Gasteiger partial charge in [-0.25, -0.2) is 13.2 Å². The molecule has 3 rings (SSSR count). The molecule has 2 heterocycles. The lowest BCUT2D eigenvalue weighted by Gasteiger charge is -2.33. The summed E-state index contributed by atoms with van der Waals surface area (Å²) >= 11 is 0. The van der Waals surface area contributed by atoms with Crippen LogP contribution in [-0.2, 0) is 24.2 Å². The number of esters is 1. The van der Waals surface area contributed by atoms with Gasteiger partial charge in [0.2, 0.25) is 0 Å². The summed E-state index contributed by atoms with van der Waals surface area (Å²) in [6, 6.07) is 3.12. The molecule has 0 spiro atoms. The van der Waals surface area contributed by atoms with Gasteiger partial charge in [-0.15, -0.1) is 0 Å². The highest BCUT2D eigenvalue weighted by Gasteiger charge is 2.39. The molecule has 0 N–H and O–H groups in total. The maximum Gasteiger partial charge on any atom is 0.331 e. The topological polar surface area (TPSA) is 93.9 Å². The fraction of sp³-hybridized carbons (Fsp3) is 0.556. The quantitative estimate of drug-likeness (QED) is 0.551. The van der Waals surface area contributed by atoms with Crippen LogP contribution >= 0.6 is 0 Å². The largest absolute Gasteiger partial charge is 0.465 e. The molecule has 26 heavy (non-hydrogen) atoms. The third-order valence-electron chi connectivity index (χ3n) is 4.87. The summed E-state index contributed by atoms with van der Waals surface area (Å²) in [5, 5.41) is 0. The first-order valence-electron chi connectivity index (χ1n) is 8.84. The van der Waals surface area contributed by atoms with Crippen molar-refractivity contribution < 1.29 is 27.2 Å². The molecule has 1 aromatic heterocycles. The highest BCUT2D eigenvalue weighted by atomic mass is 32.2. The average Bonchev–Trinajstić information content (AvgIpc) is 3.34. The number of amides is 1. The lowest BCUT2D eigenvalue weighted by molar-refractivity contribution is -0.150. The molecule has 7 nitrogen and oxygen atoms in total. The summed E-state index contributed by atoms with van der Waals surface area (Å²) in [5.41, 5.74) is 0. The van der Waals surface area contributed by atoms with Crippen molar-refractivity contribution in [3.8, 4) is 0 Å². The van der Waals surface area contributed by atoms with E-state index in [1.165, 1.54) is 18.4 Å². The van der Waals surface area contributed by atoms with E-state index in [0.29, 0.717) is 12.2 Å². The van der Waals surface area contributed by atoms with Crippen LogP contribution in [0.1, 0.15) is 37.9 Å². The maximum atomic E-state index is 12.7. The second-order valence-electron chi connectivity index (χ2n) is 6.75. The number of ether oxygens (including phenoxy) is 1. The maximum absolute atomic E-state index is 12.7. The van der Waals surface area contributed by atoms with Crippen molar-refractivity contribution in [3.05, 3.63) is 30.2 Å². The van der Waals surface area contributed by atoms with Crippen LogP contribution < -0.4 is 0 Å². The highest BCUT2D eigenvalue weighted by molar-refractivity contribution is 7.91. The molecule has 1 aliphatic carbocycles. The molecule has 0 radical (unpaired) electrons. The fourth-order valence-corrected chi connectivity index (χ4v) is 5.39. The van der Waals surface area contributed by atoms with E-state index >= 15 is 0 Å². The zero-order valence-corrected chi connectivity index (χ0v) is 15.3. The van der Waals surface area contributed by atoms with Crippen LogP contribution in [0, 0.1) is 0 Å². The molecule has 1 atom stereocenters. The molecule has 2 aliphatic rings. The Labute approximate surface area is 152 Å². The molecule has 1 saturated heterocycles. The molecule has 0 bridgehead atoms. The van der Waals surface area contributed by atoms with Crippen molar-refractivity contribution in [3.63, 3.8) is 0 Å². The van der Waals surface area contributed by atoms with Gasteiger partial charge in [0.1, 0.15) is 5.76 Å². The van der Waals surface area contributed by atoms with Crippen molar-refractivity contribution in [2.24, 2.45) is 0 Å². The Bertz CT molecular complexity index is 762. The third kappa shape index (κ3) is 4.75. The van der Waals surface area contributed by atoms with Crippen molar-refractivity contribution in [2.75, 3.05) is 18.1 Å². The van der Waals surface area contributed by atoms with Gasteiger partial charge in [0.05, 0.1) is 17.8 Å². The Kier molecular flexibility index (Phi) is 5.80. The predicted molar refractivity (Wildman–Crippen MR) is 94.9 cm³/mol. The summed E-state index contributed by atoms with van der Waals surface area (Å²) < 4.78 is 33.7. The number of nitrogens with zero attached hydrogens (tertiary/aromatic N) is 1. The number of sulfone groups is 1. The minimum absolute atomic E-state index is 0.00157. The van der Waals surface area contributed by atoms with E-state index in [-0.39, 0.29) is 36.1 Å². The van der Waals surface area contributed by atoms with E-state index in [9.17, 15) is 18.0 Å². The van der Waals surface area contributed by atoms with Crippen molar-refractivity contribution in [1.29, 1.82) is 0 Å². The SMILES string of the molecule is O=C(/C=C/c1ccco1)OCC(=O)N(C1CCCC1)[C@@H]1CCS(=O)(=O)C1. The van der Waals surface area contributed by atoms with E-state index in [4.69, 9.17) is 9.15 Å². The van der Waals surface area contributed by atoms with E-state index in [2.05, 4.69) is 0 Å². The Morgan fingerprint density at radius 2 is 2.00 bits per heavy atom. The molecular formula is C18H23NO6S. The van der Waals surface area contributed by atoms with E-state index in [1.54, 1.807) is 17.0 Å². The monoisotopic (exact) mass is 381 g/mol. The van der Waals surface area contributed by atoms with Crippen LogP contribution in [0.4, 0.5) is 0 Å². The number of rotatable bonds is 6. The number of hydrogen-bond acceptors (Lipinski definition) is 6. The Morgan fingerprint density at radius 3 is 2.62 bits per heavy atom. The van der Waals surface area contributed by atoms with Gasteiger partial charge in [-0.3, -0.25) is 4.79 Å². The second-order valence-corrected chi connectivity index (χ2v) is 8.98. The van der Waals surface area contributed by atoms with Crippen molar-refractivity contribution >= 4 is 27.8 Å². The van der Waals surface area contributed by atoms with Gasteiger partial charge < -0.3 is 14.1 Å². The van der Waals surface area contributed by atoms with Crippen LogP contribution in [0.25, 0.3) is 6.08 Å². The Balaban J connectivity index is 1.59. The molecule has 1 amide bonds. The van der Waals surface area contributed by atoms with Crippen molar-refractivity contribution in [1.82, 2.24) is 4.90 Å². The molecule has 142 valence electrons. The summed E-state index contributed by atoms with van der Waals surface area (Å²) in [7, 11) is -3.09. The summed E-state index contributed by atoms with van der Waals surface area (Å²) in [6.45, 7) is -0.381. The first-order valence-corrected chi connectivity index (χ1v) is 10.7. The van der Waals surface area contributed by atoms with Gasteiger partial charge >= 0.3 is 5.97 Å². The number of furan rings is 1. The number of carbonyl (C=O) groups excluding carboxylic acids is 2. The predicted octanol–water partition coefficient (Wildman–Crippen LogP) is 1.79. The number of hydrogen-bond donors (Lipinski definition) is 0. The number of carbonyl (C=O) groups is 2. The normalized spacial score (nSPS) is 22.7. The average molecular weight is 381 g/mol. The minimum Gasteiger partial charge on any atom is -0.465 e. The smallest absolute Gasteiger partial charge is 0.331 e. The zero-order valence-electron chi connectivity index (χ0n) is 14.5. The second kappa shape index (κ2) is 8.07. The molecule has 1 aromatic rings. The van der Waals surface area contributed by atoms with Gasteiger partial charge in [-0.05, 0) is 37.5 Å². The molecule has 0 aromatic carbocycles. The van der Waals surface area contributed by atoms with Gasteiger partial charge in [-0.2, -0.15) is 0 Å². The molecule has 1 aliphatic heterocycles. The van der Waals surface area contributed by atoms with Gasteiger partial charge in [-0.1, -0.05) is 12.8 Å². The molecule has 2 fully saturated rings. The standard InChI is InChI=1S/C18H23NO6S/c20-17(12-25-18(21)8-7-16-6-3-10-24-16)19(14-4-1-2-5-14)15-9-11-26(22,23)13-15/h3,6-8,10,14-15H,1-2,4-5,9,11-13H2/b8-7+/t15-/m1/s1. The first kappa shape index (κ1) is 18.7. The molecule has 1 saturated carbocycles. The Hall–Kier alpha value is -2.09. The fourth-order valence-electron chi connectivity index (χ4n) is 3.67. The highest BCUT2D eigenvalue weighted by Crippen LogP contribution is 2.29. The summed E-state index contributed by atoms with van der Waals surface area (Å²) in [4.78, 5) is 26.1. The van der Waals surface area contributed by atoms with Gasteiger partial charge in [0.15, 0.2) is 16.4 Å². The summed E-state index contributed by atoms with van der Waals surface area (Å²) in [5.74, 6) is -0.336. The first-order chi connectivity index (χ1) is 12.4. The van der Waals surface area contributed by atoms with Gasteiger partial charge in [0.25, 0.3) is 5.91 Å². The molecule has 8 heteroatoms. The lowest BCUT2D eigenvalue weighted by Crippen LogP contribution is -2.48. The minimum atomic E-state index is -3.09. The van der Waals surface area contributed by atoms with Gasteiger partial charge in [0, 0.05) is 18.2 Å². The third-order valence-corrected chi connectivity index (χ3v) is 6.62. The van der Waals surface area contributed by atoms with Crippen LogP contribution in [0.15, 0.2) is 28.9 Å². The van der Waals surface area contributed by atoms with E-state index in [1.807, 2.05) is 0 Å². The van der Waals surface area contributed by atoms with Crippen LogP contribution in [0.3, 0.4) is 0 Å². The van der Waals surface area contributed by atoms with E-state index < -0.39 is 15.8 Å². The molecular weight excluding hydrogens is 358 g/mol. The summed E-state index contributed by atoms with van der Waals surface area (Å²) in [6.07, 6.45) is 8.40. The van der Waals surface area contributed by atoms with Crippen LogP contribution in [-0.4, -0.2) is 55.4 Å². The van der Waals surface area contributed by atoms with Crippen LogP contribution in [0.5, 0.6) is 0 Å². The van der Waals surface area contributed by atoms with Crippen molar-refractivity contribution in [2.45, 2.75) is 44.2 Å². The lowest BCUT2D eigenvalue weighted by atomic mass is 10.1. The molecule has 0 unspecified atom stereocenters.